The number of hydrogen-bond donors (Lipinski definition) is 0. The number of esters is 3. The second kappa shape index (κ2) is 60.4. The van der Waals surface area contributed by atoms with E-state index in [0.29, 0.717) is 19.3 Å². The average molecular weight is 1000 g/mol. The van der Waals surface area contributed by atoms with Crippen molar-refractivity contribution in [3.63, 3.8) is 0 Å². The van der Waals surface area contributed by atoms with E-state index in [1.807, 2.05) is 0 Å². The van der Waals surface area contributed by atoms with Crippen LogP contribution in [0.1, 0.15) is 355 Å². The van der Waals surface area contributed by atoms with Crippen LogP contribution in [0.25, 0.3) is 0 Å². The van der Waals surface area contributed by atoms with Crippen LogP contribution in [-0.4, -0.2) is 37.2 Å². The molecule has 0 saturated carbocycles. The summed E-state index contributed by atoms with van der Waals surface area (Å²) in [6.07, 6.45) is 72.1. The van der Waals surface area contributed by atoms with Crippen LogP contribution in [0.4, 0.5) is 0 Å². The Morgan fingerprint density at radius 3 is 0.775 bits per heavy atom. The molecule has 0 fully saturated rings. The number of unbranched alkanes of at least 4 members (excludes halogenated alkanes) is 44. The zero-order valence-electron chi connectivity index (χ0n) is 48.0. The quantitative estimate of drug-likeness (QED) is 0.0261. The predicted molar refractivity (Wildman–Crippen MR) is 307 cm³/mol. The second-order valence-corrected chi connectivity index (χ2v) is 21.7. The third-order valence-electron chi connectivity index (χ3n) is 14.5. The molecule has 0 amide bonds. The van der Waals surface area contributed by atoms with Gasteiger partial charge in [0.1, 0.15) is 13.2 Å². The highest BCUT2D eigenvalue weighted by Gasteiger charge is 2.19. The molecule has 0 aromatic rings. The topological polar surface area (TPSA) is 78.9 Å². The first-order valence-electron chi connectivity index (χ1n) is 31.8. The molecule has 0 spiro atoms. The summed E-state index contributed by atoms with van der Waals surface area (Å²) in [5.74, 6) is -0.842. The molecule has 0 radical (unpaired) electrons. The summed E-state index contributed by atoms with van der Waals surface area (Å²) in [6, 6.07) is 0. The monoisotopic (exact) mass is 999 g/mol. The Kier molecular flexibility index (Phi) is 58.6. The molecule has 418 valence electrons. The first-order chi connectivity index (χ1) is 35.0. The molecule has 0 aliphatic carbocycles. The van der Waals surface area contributed by atoms with E-state index in [1.54, 1.807) is 0 Å². The fourth-order valence-electron chi connectivity index (χ4n) is 9.65. The SMILES string of the molecule is CCCCCCC/C=C\C/C=C\CCCCCCCCCCCCCCCCCCCCCC(=O)OCC(COC(=O)CCCCCCCCCCCC)OC(=O)CCCCCCCCCCCCCC. The van der Waals surface area contributed by atoms with E-state index in [0.717, 1.165) is 64.2 Å². The summed E-state index contributed by atoms with van der Waals surface area (Å²) >= 11 is 0. The summed E-state index contributed by atoms with van der Waals surface area (Å²) in [4.78, 5) is 38.1. The van der Waals surface area contributed by atoms with Crippen molar-refractivity contribution in [2.75, 3.05) is 13.2 Å². The Bertz CT molecular complexity index is 1150. The lowest BCUT2D eigenvalue weighted by Crippen LogP contribution is -2.30. The minimum atomic E-state index is -0.763. The summed E-state index contributed by atoms with van der Waals surface area (Å²) in [6.45, 7) is 6.66. The lowest BCUT2D eigenvalue weighted by molar-refractivity contribution is -0.167. The summed E-state index contributed by atoms with van der Waals surface area (Å²) in [5, 5.41) is 0. The fraction of sp³-hybridized carbons (Fsp3) is 0.892. The molecule has 0 bridgehead atoms. The van der Waals surface area contributed by atoms with Crippen molar-refractivity contribution in [3.8, 4) is 0 Å². The molecule has 71 heavy (non-hydrogen) atoms. The highest BCUT2D eigenvalue weighted by atomic mass is 16.6. The van der Waals surface area contributed by atoms with Crippen LogP contribution < -0.4 is 0 Å². The van der Waals surface area contributed by atoms with Gasteiger partial charge < -0.3 is 14.2 Å². The highest BCUT2D eigenvalue weighted by molar-refractivity contribution is 5.71. The van der Waals surface area contributed by atoms with Crippen molar-refractivity contribution in [1.82, 2.24) is 0 Å². The van der Waals surface area contributed by atoms with Crippen molar-refractivity contribution in [3.05, 3.63) is 24.3 Å². The number of carbonyl (C=O) groups is 3. The molecule has 0 aromatic carbocycles. The van der Waals surface area contributed by atoms with Gasteiger partial charge in [0.05, 0.1) is 0 Å². The van der Waals surface area contributed by atoms with Gasteiger partial charge in [-0.15, -0.1) is 0 Å². The predicted octanol–water partition coefficient (Wildman–Crippen LogP) is 21.4. The van der Waals surface area contributed by atoms with Crippen LogP contribution in [-0.2, 0) is 28.6 Å². The molecule has 6 heteroatoms. The highest BCUT2D eigenvalue weighted by Crippen LogP contribution is 2.18. The maximum atomic E-state index is 12.8. The molecule has 0 heterocycles. The normalized spacial score (nSPS) is 12.1. The summed E-state index contributed by atoms with van der Waals surface area (Å²) in [5.41, 5.74) is 0. The smallest absolute Gasteiger partial charge is 0.306 e. The Balaban J connectivity index is 4.01. The van der Waals surface area contributed by atoms with Gasteiger partial charge in [0, 0.05) is 19.3 Å². The number of hydrogen-bond acceptors (Lipinski definition) is 6. The van der Waals surface area contributed by atoms with Crippen LogP contribution in [0.3, 0.4) is 0 Å². The van der Waals surface area contributed by atoms with Gasteiger partial charge in [-0.2, -0.15) is 0 Å². The van der Waals surface area contributed by atoms with Gasteiger partial charge in [-0.3, -0.25) is 14.4 Å². The standard InChI is InChI=1S/C65H122O6/c1-4-7-10-13-16-19-22-24-25-26-27-28-29-30-31-32-33-34-35-36-37-38-39-40-41-42-44-46-49-52-55-58-64(67)70-61-62(60-69-63(66)57-54-51-48-45-21-18-15-12-9-6-3)71-65(68)59-56-53-50-47-43-23-20-17-14-11-8-5-2/h22,24,26-27,62H,4-21,23,25,28-61H2,1-3H3/b24-22-,27-26-. The zero-order chi connectivity index (χ0) is 51.4. The molecule has 0 N–H and O–H groups in total. The molecule has 1 atom stereocenters. The van der Waals surface area contributed by atoms with E-state index in [-0.39, 0.29) is 31.1 Å². The van der Waals surface area contributed by atoms with Crippen molar-refractivity contribution in [2.45, 2.75) is 361 Å². The Morgan fingerprint density at radius 2 is 0.507 bits per heavy atom. The van der Waals surface area contributed by atoms with Crippen molar-refractivity contribution in [1.29, 1.82) is 0 Å². The summed E-state index contributed by atoms with van der Waals surface area (Å²) in [7, 11) is 0. The maximum absolute atomic E-state index is 12.8. The zero-order valence-corrected chi connectivity index (χ0v) is 48.0. The number of ether oxygens (including phenoxy) is 3. The first kappa shape index (κ1) is 68.9. The van der Waals surface area contributed by atoms with E-state index in [2.05, 4.69) is 45.1 Å². The van der Waals surface area contributed by atoms with Crippen LogP contribution in [0.15, 0.2) is 24.3 Å². The van der Waals surface area contributed by atoms with Gasteiger partial charge in [-0.25, -0.2) is 0 Å². The first-order valence-corrected chi connectivity index (χ1v) is 31.8. The summed E-state index contributed by atoms with van der Waals surface area (Å²) < 4.78 is 16.9. The van der Waals surface area contributed by atoms with Gasteiger partial charge in [0.15, 0.2) is 6.10 Å². The minimum Gasteiger partial charge on any atom is -0.462 e. The van der Waals surface area contributed by atoms with Gasteiger partial charge in [0.25, 0.3) is 0 Å². The van der Waals surface area contributed by atoms with E-state index in [4.69, 9.17) is 14.2 Å². The Hall–Kier alpha value is -2.11. The van der Waals surface area contributed by atoms with Crippen molar-refractivity contribution < 1.29 is 28.6 Å². The van der Waals surface area contributed by atoms with E-state index in [1.165, 1.54) is 250 Å². The molecule has 0 saturated heterocycles. The molecular weight excluding hydrogens is 877 g/mol. The molecule has 1 unspecified atom stereocenters. The van der Waals surface area contributed by atoms with Gasteiger partial charge in [-0.05, 0) is 51.4 Å². The third-order valence-corrected chi connectivity index (χ3v) is 14.5. The average Bonchev–Trinajstić information content (AvgIpc) is 3.37. The van der Waals surface area contributed by atoms with Gasteiger partial charge in [0.2, 0.25) is 0 Å². The molecular formula is C65H122O6. The molecule has 0 rings (SSSR count). The van der Waals surface area contributed by atoms with Crippen molar-refractivity contribution >= 4 is 17.9 Å². The maximum Gasteiger partial charge on any atom is 0.306 e. The molecule has 0 aliphatic rings. The van der Waals surface area contributed by atoms with Crippen LogP contribution >= 0.6 is 0 Å². The Morgan fingerprint density at radius 1 is 0.282 bits per heavy atom. The number of rotatable bonds is 59. The minimum absolute atomic E-state index is 0.0641. The second-order valence-electron chi connectivity index (χ2n) is 21.7. The lowest BCUT2D eigenvalue weighted by Gasteiger charge is -2.18. The van der Waals surface area contributed by atoms with E-state index < -0.39 is 6.10 Å². The Labute approximate surface area is 443 Å². The van der Waals surface area contributed by atoms with Crippen LogP contribution in [0.5, 0.6) is 0 Å². The number of carbonyl (C=O) groups excluding carboxylic acids is 3. The van der Waals surface area contributed by atoms with Crippen LogP contribution in [0.2, 0.25) is 0 Å². The fourth-order valence-corrected chi connectivity index (χ4v) is 9.65. The van der Waals surface area contributed by atoms with Crippen LogP contribution in [0, 0.1) is 0 Å². The lowest BCUT2D eigenvalue weighted by atomic mass is 10.0. The molecule has 0 aliphatic heterocycles. The largest absolute Gasteiger partial charge is 0.462 e. The van der Waals surface area contributed by atoms with E-state index in [9.17, 15) is 14.4 Å². The van der Waals surface area contributed by atoms with Gasteiger partial charge in [-0.1, -0.05) is 308 Å². The van der Waals surface area contributed by atoms with Crippen molar-refractivity contribution in [2.24, 2.45) is 0 Å². The molecule has 0 aromatic heterocycles. The molecule has 6 nitrogen and oxygen atoms in total. The number of allylic oxidation sites excluding steroid dienone is 4. The van der Waals surface area contributed by atoms with E-state index >= 15 is 0 Å². The van der Waals surface area contributed by atoms with Gasteiger partial charge >= 0.3 is 17.9 Å². The third kappa shape index (κ3) is 58.7.